The van der Waals surface area contributed by atoms with Gasteiger partial charge in [-0.3, -0.25) is 20.3 Å². The Bertz CT molecular complexity index is 1020. The number of hydrogen-bond acceptors (Lipinski definition) is 8. The Labute approximate surface area is 164 Å². The molecule has 3 rings (SSSR count). The van der Waals surface area contributed by atoms with Gasteiger partial charge in [-0.25, -0.2) is 0 Å². The number of amides is 1. The predicted molar refractivity (Wildman–Crippen MR) is 107 cm³/mol. The number of ether oxygens (including phenoxy) is 1. The molecule has 1 aliphatic rings. The Morgan fingerprint density at radius 2 is 1.96 bits per heavy atom. The summed E-state index contributed by atoms with van der Waals surface area (Å²) in [5.41, 5.74) is 9.33. The molecule has 1 aliphatic heterocycles. The Kier molecular flexibility index (Phi) is 5.27. The highest BCUT2D eigenvalue weighted by atomic mass is 32.1. The number of nitrogens with zero attached hydrogens (tertiary/aromatic N) is 4. The minimum absolute atomic E-state index is 0.0486. The largest absolute Gasteiger partial charge is 0.495 e. The Hall–Kier alpha value is -3.86. The molecular weight excluding hydrogens is 384 g/mol. The van der Waals surface area contributed by atoms with Crippen molar-refractivity contribution in [2.75, 3.05) is 12.5 Å². The number of benzene rings is 2. The molecule has 0 atom stereocenters. The molecule has 2 aromatic rings. The second kappa shape index (κ2) is 7.80. The fourth-order valence-corrected chi connectivity index (χ4v) is 2.56. The van der Waals surface area contributed by atoms with Crippen LogP contribution in [0.25, 0.3) is 0 Å². The van der Waals surface area contributed by atoms with E-state index in [-0.39, 0.29) is 22.2 Å². The maximum atomic E-state index is 12.6. The van der Waals surface area contributed by atoms with E-state index in [2.05, 4.69) is 15.6 Å². The van der Waals surface area contributed by atoms with E-state index >= 15 is 0 Å². The van der Waals surface area contributed by atoms with Gasteiger partial charge in [0.2, 0.25) is 0 Å². The molecule has 3 N–H and O–H groups in total. The van der Waals surface area contributed by atoms with Gasteiger partial charge in [-0.1, -0.05) is 12.1 Å². The molecule has 1 amide bonds. The van der Waals surface area contributed by atoms with Crippen LogP contribution in [-0.2, 0) is 4.79 Å². The number of carbonyl (C=O) groups excluding carboxylic acids is 1. The molecule has 10 nitrogen and oxygen atoms in total. The lowest BCUT2D eigenvalue weighted by atomic mass is 10.1. The predicted octanol–water partition coefficient (Wildman–Crippen LogP) is 1.86. The first kappa shape index (κ1) is 18.9. The first-order valence-corrected chi connectivity index (χ1v) is 8.27. The Balaban J connectivity index is 1.99. The van der Waals surface area contributed by atoms with Crippen molar-refractivity contribution in [2.45, 2.75) is 0 Å². The van der Waals surface area contributed by atoms with Crippen LogP contribution in [0.4, 0.5) is 11.4 Å². The summed E-state index contributed by atoms with van der Waals surface area (Å²) in [6.45, 7) is 0. The normalized spacial score (nSPS) is 14.8. The number of nitro benzene ring substituents is 1. The van der Waals surface area contributed by atoms with Crippen molar-refractivity contribution >= 4 is 46.0 Å². The van der Waals surface area contributed by atoms with Crippen LogP contribution in [0, 0.1) is 10.1 Å². The van der Waals surface area contributed by atoms with Crippen molar-refractivity contribution in [3.8, 4) is 5.75 Å². The summed E-state index contributed by atoms with van der Waals surface area (Å²) >= 11 is 4.85. The fraction of sp³-hybridized carbons (Fsp3) is 0.0588. The molecule has 0 aliphatic carbocycles. The molecule has 2 aromatic carbocycles. The lowest BCUT2D eigenvalue weighted by Gasteiger charge is -2.08. The standard InChI is InChI=1S/C17H14N6O4S/c1-27-13-5-3-2-4-12(13)19-20-15-14(21-22(16(15)24)17(18)28)10-6-8-11(9-7-10)23(25)26/h2-9,19H,1H3,(H2,18,28)/b20-15+. The summed E-state index contributed by atoms with van der Waals surface area (Å²) < 4.78 is 5.23. The van der Waals surface area contributed by atoms with Crippen LogP contribution in [0.2, 0.25) is 0 Å². The van der Waals surface area contributed by atoms with Gasteiger partial charge >= 0.3 is 5.91 Å². The number of para-hydroxylation sites is 2. The number of anilines is 1. The number of non-ortho nitro benzene ring substituents is 1. The zero-order valence-corrected chi connectivity index (χ0v) is 15.3. The monoisotopic (exact) mass is 398 g/mol. The van der Waals surface area contributed by atoms with Crippen molar-refractivity contribution in [3.63, 3.8) is 0 Å². The number of methoxy groups -OCH3 is 1. The van der Waals surface area contributed by atoms with Gasteiger partial charge in [0.1, 0.15) is 11.5 Å². The average molecular weight is 398 g/mol. The topological polar surface area (TPSA) is 135 Å². The van der Waals surface area contributed by atoms with Crippen LogP contribution in [0.1, 0.15) is 5.56 Å². The lowest BCUT2D eigenvalue weighted by molar-refractivity contribution is -0.384. The van der Waals surface area contributed by atoms with Crippen molar-refractivity contribution < 1.29 is 14.5 Å². The molecule has 142 valence electrons. The minimum atomic E-state index is -0.622. The number of nitrogens with two attached hydrogens (primary N) is 1. The number of nitrogens with one attached hydrogen (secondary N) is 1. The van der Waals surface area contributed by atoms with Crippen LogP contribution in [0.15, 0.2) is 58.7 Å². The maximum Gasteiger partial charge on any atom is 0.303 e. The van der Waals surface area contributed by atoms with Gasteiger partial charge in [-0.15, -0.1) is 0 Å². The number of hydrazone groups is 2. The van der Waals surface area contributed by atoms with E-state index < -0.39 is 10.8 Å². The molecule has 0 bridgehead atoms. The molecule has 0 fully saturated rings. The molecule has 1 heterocycles. The van der Waals surface area contributed by atoms with Crippen LogP contribution in [0.5, 0.6) is 5.75 Å². The van der Waals surface area contributed by atoms with E-state index in [1.54, 1.807) is 24.3 Å². The van der Waals surface area contributed by atoms with E-state index in [1.807, 2.05) is 0 Å². The van der Waals surface area contributed by atoms with Crippen LogP contribution in [-0.4, -0.2) is 39.5 Å². The molecule has 0 aromatic heterocycles. The summed E-state index contributed by atoms with van der Waals surface area (Å²) in [5, 5.41) is 19.7. The second-order valence-corrected chi connectivity index (χ2v) is 5.90. The molecule has 0 saturated carbocycles. The van der Waals surface area contributed by atoms with E-state index in [0.717, 1.165) is 5.01 Å². The Morgan fingerprint density at radius 1 is 1.29 bits per heavy atom. The second-order valence-electron chi connectivity index (χ2n) is 5.48. The molecule has 0 radical (unpaired) electrons. The lowest BCUT2D eigenvalue weighted by Crippen LogP contribution is -2.36. The van der Waals surface area contributed by atoms with E-state index in [9.17, 15) is 14.9 Å². The van der Waals surface area contributed by atoms with Crippen LogP contribution in [0.3, 0.4) is 0 Å². The zero-order chi connectivity index (χ0) is 20.3. The third-order valence-corrected chi connectivity index (χ3v) is 3.95. The molecular formula is C17H14N6O4S. The van der Waals surface area contributed by atoms with Gasteiger partial charge < -0.3 is 10.5 Å². The van der Waals surface area contributed by atoms with Crippen molar-refractivity contribution in [2.24, 2.45) is 15.9 Å². The SMILES string of the molecule is COc1ccccc1N/N=C1/C(=O)N(C(N)=S)N=C1c1ccc([N+](=O)[O-])cc1. The summed E-state index contributed by atoms with van der Waals surface area (Å²) in [6, 6.07) is 12.5. The van der Waals surface area contributed by atoms with E-state index in [1.165, 1.54) is 31.4 Å². The fourth-order valence-electron chi connectivity index (χ4n) is 2.43. The summed E-state index contributed by atoms with van der Waals surface area (Å²) in [5.74, 6) is -0.0967. The molecule has 11 heteroatoms. The molecule has 28 heavy (non-hydrogen) atoms. The van der Waals surface area contributed by atoms with Crippen molar-refractivity contribution in [1.29, 1.82) is 0 Å². The highest BCUT2D eigenvalue weighted by Gasteiger charge is 2.35. The Morgan fingerprint density at radius 3 is 2.57 bits per heavy atom. The van der Waals surface area contributed by atoms with Gasteiger partial charge in [0.25, 0.3) is 5.69 Å². The first-order chi connectivity index (χ1) is 13.4. The number of thiocarbonyl (C=S) groups is 1. The number of rotatable bonds is 5. The third kappa shape index (κ3) is 3.64. The van der Waals surface area contributed by atoms with E-state index in [4.69, 9.17) is 22.7 Å². The van der Waals surface area contributed by atoms with Gasteiger partial charge in [-0.2, -0.15) is 15.2 Å². The van der Waals surface area contributed by atoms with Gasteiger partial charge in [0.15, 0.2) is 10.8 Å². The summed E-state index contributed by atoms with van der Waals surface area (Å²) in [4.78, 5) is 22.9. The summed E-state index contributed by atoms with van der Waals surface area (Å²) in [7, 11) is 1.51. The minimum Gasteiger partial charge on any atom is -0.495 e. The number of hydrogen-bond donors (Lipinski definition) is 2. The van der Waals surface area contributed by atoms with Crippen LogP contribution < -0.4 is 15.9 Å². The van der Waals surface area contributed by atoms with Crippen LogP contribution >= 0.6 is 12.2 Å². The highest BCUT2D eigenvalue weighted by Crippen LogP contribution is 2.24. The van der Waals surface area contributed by atoms with Gasteiger partial charge in [0.05, 0.1) is 17.7 Å². The molecule has 0 unspecified atom stereocenters. The van der Waals surface area contributed by atoms with Gasteiger partial charge in [-0.05, 0) is 36.5 Å². The smallest absolute Gasteiger partial charge is 0.303 e. The van der Waals surface area contributed by atoms with Crippen molar-refractivity contribution in [1.82, 2.24) is 5.01 Å². The van der Waals surface area contributed by atoms with E-state index in [0.29, 0.717) is 17.0 Å². The highest BCUT2D eigenvalue weighted by molar-refractivity contribution is 7.80. The quantitative estimate of drug-likeness (QED) is 0.446. The zero-order valence-electron chi connectivity index (χ0n) is 14.5. The molecule has 0 spiro atoms. The average Bonchev–Trinajstić information content (AvgIpc) is 3.03. The molecule has 0 saturated heterocycles. The summed E-state index contributed by atoms with van der Waals surface area (Å²) in [6.07, 6.45) is 0. The third-order valence-electron chi connectivity index (χ3n) is 3.77. The number of carbonyl (C=O) groups is 1. The van der Waals surface area contributed by atoms with Gasteiger partial charge in [0, 0.05) is 17.7 Å². The number of nitro groups is 1. The first-order valence-electron chi connectivity index (χ1n) is 7.86. The van der Waals surface area contributed by atoms with Crippen molar-refractivity contribution in [3.05, 3.63) is 64.2 Å². The maximum absolute atomic E-state index is 12.6.